The van der Waals surface area contributed by atoms with Gasteiger partial charge in [0.05, 0.1) is 21.2 Å². The molecule has 1 heterocycles. The molecule has 0 N–H and O–H groups in total. The van der Waals surface area contributed by atoms with Crippen LogP contribution in [0.2, 0.25) is 0 Å². The van der Waals surface area contributed by atoms with Gasteiger partial charge >= 0.3 is 0 Å². The Hall–Kier alpha value is -1.49. The zero-order chi connectivity index (χ0) is 11.2. The lowest BCUT2D eigenvalue weighted by atomic mass is 10.3. The van der Waals surface area contributed by atoms with Crippen LogP contribution in [0.15, 0.2) is 35.5 Å². The highest BCUT2D eigenvalue weighted by Gasteiger charge is 2.36. The van der Waals surface area contributed by atoms with Crippen molar-refractivity contribution in [2.24, 2.45) is 0 Å². The van der Waals surface area contributed by atoms with Gasteiger partial charge in [0.25, 0.3) is 0 Å². The first-order chi connectivity index (χ1) is 7.68. The van der Waals surface area contributed by atoms with Crippen LogP contribution in [0.25, 0.3) is 11.0 Å². The zero-order valence-corrected chi connectivity index (χ0v) is 9.31. The van der Waals surface area contributed by atoms with Gasteiger partial charge in [-0.25, -0.2) is 8.42 Å². The summed E-state index contributed by atoms with van der Waals surface area (Å²) in [6.07, 6.45) is 4.72. The number of sulfone groups is 1. The number of hydrogen-bond donors (Lipinski definition) is 0. The highest BCUT2D eigenvalue weighted by atomic mass is 32.2. The minimum atomic E-state index is -3.13. The zero-order valence-electron chi connectivity index (χ0n) is 8.50. The molecular weight excluding hydrogens is 224 g/mol. The van der Waals surface area contributed by atoms with Crippen LogP contribution in [0.3, 0.4) is 0 Å². The highest BCUT2D eigenvalue weighted by molar-refractivity contribution is 7.92. The van der Waals surface area contributed by atoms with E-state index in [1.807, 2.05) is 0 Å². The Bertz CT molecular complexity index is 648. The van der Waals surface area contributed by atoms with Crippen LogP contribution in [-0.4, -0.2) is 23.6 Å². The van der Waals surface area contributed by atoms with Gasteiger partial charge in [0.15, 0.2) is 9.84 Å². The third kappa shape index (κ3) is 1.48. The van der Waals surface area contributed by atoms with Crippen LogP contribution in [-0.2, 0) is 9.84 Å². The van der Waals surface area contributed by atoms with Crippen molar-refractivity contribution in [2.45, 2.75) is 23.0 Å². The number of rotatable bonds is 2. The molecule has 82 valence electrons. The Balaban J connectivity index is 2.18. The number of benzene rings is 1. The first-order valence-corrected chi connectivity index (χ1v) is 6.67. The van der Waals surface area contributed by atoms with Crippen LogP contribution in [0.1, 0.15) is 12.8 Å². The van der Waals surface area contributed by atoms with Crippen molar-refractivity contribution in [2.75, 3.05) is 0 Å². The lowest BCUT2D eigenvalue weighted by Gasteiger charge is -2.03. The van der Waals surface area contributed by atoms with Crippen LogP contribution in [0.5, 0.6) is 0 Å². The van der Waals surface area contributed by atoms with Crippen molar-refractivity contribution in [3.63, 3.8) is 0 Å². The quantitative estimate of drug-likeness (QED) is 0.791. The van der Waals surface area contributed by atoms with Gasteiger partial charge in [0, 0.05) is 12.4 Å². The number of nitrogens with zero attached hydrogens (tertiary/aromatic N) is 2. The summed E-state index contributed by atoms with van der Waals surface area (Å²) < 4.78 is 24.0. The second-order valence-corrected chi connectivity index (χ2v) is 6.18. The lowest BCUT2D eigenvalue weighted by molar-refractivity contribution is 0.595. The summed E-state index contributed by atoms with van der Waals surface area (Å²) >= 11 is 0. The van der Waals surface area contributed by atoms with Crippen molar-refractivity contribution >= 4 is 20.9 Å². The molecule has 1 aromatic carbocycles. The third-order valence-corrected chi connectivity index (χ3v) is 4.99. The largest absolute Gasteiger partial charge is 0.253 e. The molecule has 1 aliphatic rings. The average Bonchev–Trinajstić information content (AvgIpc) is 3.12. The summed E-state index contributed by atoms with van der Waals surface area (Å²) in [6.45, 7) is 0. The van der Waals surface area contributed by atoms with E-state index in [2.05, 4.69) is 9.97 Å². The molecule has 0 atom stereocenters. The molecule has 1 fully saturated rings. The smallest absolute Gasteiger partial charge is 0.181 e. The van der Waals surface area contributed by atoms with E-state index in [1.54, 1.807) is 30.6 Å². The minimum absolute atomic E-state index is 0.179. The fourth-order valence-electron chi connectivity index (χ4n) is 1.69. The van der Waals surface area contributed by atoms with E-state index >= 15 is 0 Å². The lowest BCUT2D eigenvalue weighted by Crippen LogP contribution is -2.06. The minimum Gasteiger partial charge on any atom is -0.253 e. The summed E-state index contributed by atoms with van der Waals surface area (Å²) in [5.41, 5.74) is 1.35. The molecule has 0 amide bonds. The number of hydrogen-bond acceptors (Lipinski definition) is 4. The van der Waals surface area contributed by atoms with Crippen molar-refractivity contribution in [3.05, 3.63) is 30.6 Å². The van der Waals surface area contributed by atoms with Gasteiger partial charge in [-0.05, 0) is 31.0 Å². The molecule has 3 rings (SSSR count). The Labute approximate surface area is 93.3 Å². The van der Waals surface area contributed by atoms with E-state index in [9.17, 15) is 8.42 Å². The van der Waals surface area contributed by atoms with E-state index in [1.165, 1.54) is 0 Å². The molecule has 1 aliphatic carbocycles. The maximum Gasteiger partial charge on any atom is 0.181 e. The molecule has 5 heteroatoms. The molecule has 1 aromatic heterocycles. The summed E-state index contributed by atoms with van der Waals surface area (Å²) in [4.78, 5) is 8.58. The summed E-state index contributed by atoms with van der Waals surface area (Å²) in [6, 6.07) is 4.93. The molecule has 16 heavy (non-hydrogen) atoms. The SMILES string of the molecule is O=S(=O)(c1ccc2nccnc2c1)C1CC1. The topological polar surface area (TPSA) is 59.9 Å². The Morgan fingerprint density at radius 2 is 1.75 bits per heavy atom. The van der Waals surface area contributed by atoms with Gasteiger partial charge in [-0.3, -0.25) is 9.97 Å². The van der Waals surface area contributed by atoms with E-state index in [-0.39, 0.29) is 5.25 Å². The van der Waals surface area contributed by atoms with Crippen molar-refractivity contribution in [1.29, 1.82) is 0 Å². The summed E-state index contributed by atoms with van der Waals surface area (Å²) in [5, 5.41) is -0.179. The fourth-order valence-corrected chi connectivity index (χ4v) is 3.37. The highest BCUT2D eigenvalue weighted by Crippen LogP contribution is 2.33. The van der Waals surface area contributed by atoms with Crippen LogP contribution in [0, 0.1) is 0 Å². The molecular formula is C11H10N2O2S. The van der Waals surface area contributed by atoms with Crippen LogP contribution >= 0.6 is 0 Å². The monoisotopic (exact) mass is 234 g/mol. The van der Waals surface area contributed by atoms with E-state index in [0.29, 0.717) is 10.4 Å². The van der Waals surface area contributed by atoms with Gasteiger partial charge in [-0.2, -0.15) is 0 Å². The predicted octanol–water partition coefficient (Wildman–Crippen LogP) is 1.57. The van der Waals surface area contributed by atoms with Gasteiger partial charge in [0.2, 0.25) is 0 Å². The van der Waals surface area contributed by atoms with E-state index < -0.39 is 9.84 Å². The molecule has 0 aliphatic heterocycles. The molecule has 0 radical (unpaired) electrons. The first-order valence-electron chi connectivity index (χ1n) is 5.12. The number of aromatic nitrogens is 2. The molecule has 1 saturated carbocycles. The van der Waals surface area contributed by atoms with Gasteiger partial charge in [-0.1, -0.05) is 0 Å². The molecule has 2 aromatic rings. The Morgan fingerprint density at radius 1 is 1.06 bits per heavy atom. The third-order valence-electron chi connectivity index (χ3n) is 2.73. The van der Waals surface area contributed by atoms with Crippen molar-refractivity contribution < 1.29 is 8.42 Å². The second kappa shape index (κ2) is 3.25. The molecule has 0 unspecified atom stereocenters. The van der Waals surface area contributed by atoms with Gasteiger partial charge in [0.1, 0.15) is 0 Å². The second-order valence-electron chi connectivity index (χ2n) is 3.95. The summed E-state index contributed by atoms with van der Waals surface area (Å²) in [7, 11) is -3.13. The maximum atomic E-state index is 12.0. The summed E-state index contributed by atoms with van der Waals surface area (Å²) in [5.74, 6) is 0. The average molecular weight is 234 g/mol. The normalized spacial score (nSPS) is 16.5. The van der Waals surface area contributed by atoms with Gasteiger partial charge in [-0.15, -0.1) is 0 Å². The molecule has 0 spiro atoms. The molecule has 0 saturated heterocycles. The Morgan fingerprint density at radius 3 is 2.44 bits per heavy atom. The van der Waals surface area contributed by atoms with Crippen LogP contribution in [0.4, 0.5) is 0 Å². The fraction of sp³-hybridized carbons (Fsp3) is 0.273. The maximum absolute atomic E-state index is 12.0. The predicted molar refractivity (Wildman–Crippen MR) is 59.7 cm³/mol. The first kappa shape index (κ1) is 9.72. The van der Waals surface area contributed by atoms with E-state index in [4.69, 9.17) is 0 Å². The standard InChI is InChI=1S/C11H10N2O2S/c14-16(15,8-1-2-8)9-3-4-10-11(7-9)13-6-5-12-10/h3-8H,1-2H2. The van der Waals surface area contributed by atoms with Crippen LogP contribution < -0.4 is 0 Å². The molecule has 0 bridgehead atoms. The van der Waals surface area contributed by atoms with Crippen molar-refractivity contribution in [1.82, 2.24) is 9.97 Å². The van der Waals surface area contributed by atoms with Gasteiger partial charge < -0.3 is 0 Å². The molecule has 4 nitrogen and oxygen atoms in total. The van der Waals surface area contributed by atoms with Crippen molar-refractivity contribution in [3.8, 4) is 0 Å². The number of fused-ring (bicyclic) bond motifs is 1. The Kier molecular flexibility index (Phi) is 1.97. The van der Waals surface area contributed by atoms with E-state index in [0.717, 1.165) is 18.4 Å².